The van der Waals surface area contributed by atoms with Gasteiger partial charge in [0.15, 0.2) is 0 Å². The van der Waals surface area contributed by atoms with Gasteiger partial charge < -0.3 is 10.1 Å². The summed E-state index contributed by atoms with van der Waals surface area (Å²) < 4.78 is 5.26. The van der Waals surface area contributed by atoms with E-state index in [9.17, 15) is 14.9 Å². The van der Waals surface area contributed by atoms with Crippen LogP contribution in [0.3, 0.4) is 0 Å². The predicted molar refractivity (Wildman–Crippen MR) is 101 cm³/mol. The zero-order chi connectivity index (χ0) is 19.1. The number of benzene rings is 2. The number of rotatable bonds is 7. The zero-order valence-corrected chi connectivity index (χ0v) is 15.1. The topological polar surface area (TPSA) is 81.5 Å². The van der Waals surface area contributed by atoms with Crippen LogP contribution in [0.15, 0.2) is 48.5 Å². The van der Waals surface area contributed by atoms with Crippen LogP contribution >= 0.6 is 0 Å². The number of methoxy groups -OCH3 is 1. The van der Waals surface area contributed by atoms with Gasteiger partial charge in [0.1, 0.15) is 5.75 Å². The molecular weight excluding hydrogens is 332 g/mol. The van der Waals surface area contributed by atoms with Gasteiger partial charge in [-0.15, -0.1) is 0 Å². The number of nitro benzene ring substituents is 1. The molecule has 2 rings (SSSR count). The van der Waals surface area contributed by atoms with Crippen molar-refractivity contribution < 1.29 is 14.5 Å². The summed E-state index contributed by atoms with van der Waals surface area (Å²) in [5, 5.41) is 13.6. The van der Waals surface area contributed by atoms with Gasteiger partial charge in [0.25, 0.3) is 5.69 Å². The van der Waals surface area contributed by atoms with Gasteiger partial charge in [-0.3, -0.25) is 14.9 Å². The highest BCUT2D eigenvalue weighted by atomic mass is 16.6. The van der Waals surface area contributed by atoms with Crippen LogP contribution in [0.4, 0.5) is 5.69 Å². The summed E-state index contributed by atoms with van der Waals surface area (Å²) in [6.07, 6.45) is 3.81. The zero-order valence-electron chi connectivity index (χ0n) is 15.1. The highest BCUT2D eigenvalue weighted by molar-refractivity contribution is 5.92. The second kappa shape index (κ2) is 8.80. The quantitative estimate of drug-likeness (QED) is 0.459. The number of nitrogens with one attached hydrogen (secondary N) is 1. The molecule has 1 atom stereocenters. The molecule has 136 valence electrons. The molecule has 6 nitrogen and oxygen atoms in total. The normalized spacial score (nSPS) is 12.0. The number of ether oxygens (including phenoxy) is 1. The smallest absolute Gasteiger partial charge is 0.269 e. The number of carbonyl (C=O) groups excluding carboxylic acids is 1. The van der Waals surface area contributed by atoms with Gasteiger partial charge in [0.2, 0.25) is 5.91 Å². The van der Waals surface area contributed by atoms with E-state index >= 15 is 0 Å². The molecule has 0 spiro atoms. The van der Waals surface area contributed by atoms with E-state index in [1.807, 2.05) is 32.0 Å². The average Bonchev–Trinajstić information content (AvgIpc) is 2.64. The molecule has 26 heavy (non-hydrogen) atoms. The molecule has 2 aromatic rings. The van der Waals surface area contributed by atoms with E-state index in [1.165, 1.54) is 18.2 Å². The molecule has 0 radical (unpaired) electrons. The molecule has 0 heterocycles. The maximum absolute atomic E-state index is 12.2. The van der Waals surface area contributed by atoms with Gasteiger partial charge in [-0.1, -0.05) is 19.1 Å². The number of hydrogen-bond acceptors (Lipinski definition) is 4. The van der Waals surface area contributed by atoms with Gasteiger partial charge in [-0.2, -0.15) is 0 Å². The molecule has 0 aliphatic carbocycles. The predicted octanol–water partition coefficient (Wildman–Crippen LogP) is 4.19. The molecular formula is C20H22N2O4. The van der Waals surface area contributed by atoms with E-state index in [4.69, 9.17) is 4.74 Å². The van der Waals surface area contributed by atoms with Gasteiger partial charge in [0, 0.05) is 18.2 Å². The second-order valence-corrected chi connectivity index (χ2v) is 5.88. The van der Waals surface area contributed by atoms with E-state index < -0.39 is 4.92 Å². The van der Waals surface area contributed by atoms with Crippen molar-refractivity contribution in [2.45, 2.75) is 26.3 Å². The van der Waals surface area contributed by atoms with Crippen molar-refractivity contribution in [3.63, 3.8) is 0 Å². The number of aryl methyl sites for hydroxylation is 1. The van der Waals surface area contributed by atoms with E-state index in [-0.39, 0.29) is 17.6 Å². The molecule has 0 saturated carbocycles. The monoisotopic (exact) mass is 354 g/mol. The van der Waals surface area contributed by atoms with Crippen LogP contribution in [0.2, 0.25) is 0 Å². The first-order chi connectivity index (χ1) is 12.4. The molecule has 2 aromatic carbocycles. The fourth-order valence-corrected chi connectivity index (χ4v) is 2.64. The molecule has 0 aromatic heterocycles. The van der Waals surface area contributed by atoms with Crippen LogP contribution in [-0.2, 0) is 4.79 Å². The molecule has 0 aliphatic heterocycles. The van der Waals surface area contributed by atoms with Crippen LogP contribution in [0.1, 0.15) is 36.1 Å². The van der Waals surface area contributed by atoms with Crippen LogP contribution in [0.25, 0.3) is 6.08 Å². The summed E-state index contributed by atoms with van der Waals surface area (Å²) in [4.78, 5) is 22.4. The summed E-state index contributed by atoms with van der Waals surface area (Å²) in [5.41, 5.74) is 2.77. The minimum Gasteiger partial charge on any atom is -0.496 e. The summed E-state index contributed by atoms with van der Waals surface area (Å²) >= 11 is 0. The molecule has 0 fully saturated rings. The Morgan fingerprint density at radius 2 is 1.96 bits per heavy atom. The van der Waals surface area contributed by atoms with Crippen molar-refractivity contribution in [1.82, 2.24) is 5.32 Å². The first-order valence-corrected chi connectivity index (χ1v) is 8.32. The van der Waals surface area contributed by atoms with Gasteiger partial charge in [0.05, 0.1) is 18.1 Å². The molecule has 0 bridgehead atoms. The molecule has 1 amide bonds. The van der Waals surface area contributed by atoms with Crippen LogP contribution in [0.5, 0.6) is 5.75 Å². The number of non-ortho nitro benzene ring substituents is 1. The summed E-state index contributed by atoms with van der Waals surface area (Å²) in [6.45, 7) is 3.97. The lowest BCUT2D eigenvalue weighted by Crippen LogP contribution is -2.26. The Morgan fingerprint density at radius 3 is 2.50 bits per heavy atom. The Labute approximate surface area is 152 Å². The number of amides is 1. The third-order valence-corrected chi connectivity index (χ3v) is 4.08. The molecule has 0 saturated heterocycles. The highest BCUT2D eigenvalue weighted by Gasteiger charge is 2.12. The molecule has 6 heteroatoms. The number of hydrogen-bond donors (Lipinski definition) is 1. The van der Waals surface area contributed by atoms with Crippen molar-refractivity contribution >= 4 is 17.7 Å². The lowest BCUT2D eigenvalue weighted by Gasteiger charge is -2.18. The Bertz CT molecular complexity index is 813. The number of nitro groups is 1. The SMILES string of the molecule is CCC(NC(=O)/C=C/c1ccc([N+](=O)[O-])cc1)c1ccc(OC)c(C)c1. The second-order valence-electron chi connectivity index (χ2n) is 5.88. The maximum atomic E-state index is 12.2. The van der Waals surface area contributed by atoms with Crippen LogP contribution in [0, 0.1) is 17.0 Å². The Morgan fingerprint density at radius 1 is 1.27 bits per heavy atom. The van der Waals surface area contributed by atoms with E-state index in [1.54, 1.807) is 25.3 Å². The Kier molecular flexibility index (Phi) is 6.49. The number of carbonyl (C=O) groups is 1. The van der Waals surface area contributed by atoms with Crippen LogP contribution < -0.4 is 10.1 Å². The summed E-state index contributed by atoms with van der Waals surface area (Å²) in [6, 6.07) is 11.8. The lowest BCUT2D eigenvalue weighted by atomic mass is 10.0. The molecule has 1 N–H and O–H groups in total. The van der Waals surface area contributed by atoms with E-state index in [2.05, 4.69) is 5.32 Å². The largest absolute Gasteiger partial charge is 0.496 e. The van der Waals surface area contributed by atoms with E-state index in [0.717, 1.165) is 28.9 Å². The van der Waals surface area contributed by atoms with Crippen molar-refractivity contribution in [3.05, 3.63) is 75.3 Å². The van der Waals surface area contributed by atoms with Crippen molar-refractivity contribution in [2.24, 2.45) is 0 Å². The van der Waals surface area contributed by atoms with E-state index in [0.29, 0.717) is 0 Å². The maximum Gasteiger partial charge on any atom is 0.269 e. The summed E-state index contributed by atoms with van der Waals surface area (Å²) in [5.74, 6) is 0.594. The van der Waals surface area contributed by atoms with Gasteiger partial charge >= 0.3 is 0 Å². The Balaban J connectivity index is 2.04. The third-order valence-electron chi connectivity index (χ3n) is 4.08. The first-order valence-electron chi connectivity index (χ1n) is 8.32. The minimum atomic E-state index is -0.455. The first kappa shape index (κ1) is 19.2. The minimum absolute atomic E-state index is 0.0209. The fraction of sp³-hybridized carbons (Fsp3) is 0.250. The third kappa shape index (κ3) is 4.92. The fourth-order valence-electron chi connectivity index (χ4n) is 2.64. The molecule has 1 unspecified atom stereocenters. The van der Waals surface area contributed by atoms with Crippen molar-refractivity contribution in [2.75, 3.05) is 7.11 Å². The standard InChI is InChI=1S/C20H22N2O4/c1-4-18(16-8-11-19(26-3)14(2)13-16)21-20(23)12-7-15-5-9-17(10-6-15)22(24)25/h5-13,18H,4H2,1-3H3,(H,21,23)/b12-7+. The van der Waals surface area contributed by atoms with Gasteiger partial charge in [-0.25, -0.2) is 0 Å². The number of nitrogens with zero attached hydrogens (tertiary/aromatic N) is 1. The Hall–Kier alpha value is -3.15. The molecule has 0 aliphatic rings. The lowest BCUT2D eigenvalue weighted by molar-refractivity contribution is -0.384. The van der Waals surface area contributed by atoms with Crippen molar-refractivity contribution in [3.8, 4) is 5.75 Å². The summed E-state index contributed by atoms with van der Waals surface area (Å²) in [7, 11) is 1.63. The van der Waals surface area contributed by atoms with Gasteiger partial charge in [-0.05, 0) is 54.3 Å². The van der Waals surface area contributed by atoms with Crippen LogP contribution in [-0.4, -0.2) is 17.9 Å². The van der Waals surface area contributed by atoms with Crippen molar-refractivity contribution in [1.29, 1.82) is 0 Å². The highest BCUT2D eigenvalue weighted by Crippen LogP contribution is 2.24. The average molecular weight is 354 g/mol.